The smallest absolute Gasteiger partial charge is 0.178 e. The van der Waals surface area contributed by atoms with Crippen LogP contribution in [-0.4, -0.2) is 5.78 Å². The summed E-state index contributed by atoms with van der Waals surface area (Å²) in [6.45, 7) is 0. The Bertz CT molecular complexity index is 615. The van der Waals surface area contributed by atoms with E-state index < -0.39 is 0 Å². The third-order valence-corrected chi connectivity index (χ3v) is 4.11. The molecule has 2 aromatic rings. The van der Waals surface area contributed by atoms with E-state index in [9.17, 15) is 4.79 Å². The van der Waals surface area contributed by atoms with Crippen molar-refractivity contribution in [2.24, 2.45) is 0 Å². The van der Waals surface area contributed by atoms with Crippen molar-refractivity contribution in [1.29, 1.82) is 0 Å². The number of halogens is 2. The van der Waals surface area contributed by atoms with Crippen LogP contribution in [0.5, 0.6) is 0 Å². The number of carbonyl (C=O) groups excluding carboxylic acids is 1. The van der Waals surface area contributed by atoms with Crippen molar-refractivity contribution in [3.05, 3.63) is 80.8 Å². The highest BCUT2D eigenvalue weighted by atomic mass is 79.9. The van der Waals surface area contributed by atoms with Gasteiger partial charge in [0.05, 0.1) is 0 Å². The van der Waals surface area contributed by atoms with E-state index in [0.29, 0.717) is 0 Å². The molecule has 0 aromatic heterocycles. The summed E-state index contributed by atoms with van der Waals surface area (Å²) in [7, 11) is 0. The SMILES string of the molecule is O=C(C=Cc1ccccc1Br)C=Cc1ccccc1Br. The molecular formula is C17H12Br2O. The molecule has 0 saturated carbocycles. The van der Waals surface area contributed by atoms with E-state index in [1.54, 1.807) is 24.3 Å². The molecule has 0 radical (unpaired) electrons. The Morgan fingerprint density at radius 1 is 0.750 bits per heavy atom. The number of carbonyl (C=O) groups is 1. The molecule has 0 amide bonds. The minimum Gasteiger partial charge on any atom is -0.290 e. The second-order valence-corrected chi connectivity index (χ2v) is 5.82. The van der Waals surface area contributed by atoms with Crippen molar-refractivity contribution in [1.82, 2.24) is 0 Å². The van der Waals surface area contributed by atoms with Gasteiger partial charge in [-0.05, 0) is 47.6 Å². The average Bonchev–Trinajstić information content (AvgIpc) is 2.45. The minimum absolute atomic E-state index is 0.0449. The van der Waals surface area contributed by atoms with Crippen LogP contribution >= 0.6 is 31.9 Å². The maximum absolute atomic E-state index is 11.8. The van der Waals surface area contributed by atoms with Crippen molar-refractivity contribution >= 4 is 49.8 Å². The predicted molar refractivity (Wildman–Crippen MR) is 91.4 cm³/mol. The first-order valence-electron chi connectivity index (χ1n) is 6.06. The molecule has 0 heterocycles. The van der Waals surface area contributed by atoms with Gasteiger partial charge in [-0.25, -0.2) is 0 Å². The zero-order chi connectivity index (χ0) is 14.4. The fourth-order valence-electron chi connectivity index (χ4n) is 1.62. The van der Waals surface area contributed by atoms with Gasteiger partial charge in [-0.15, -0.1) is 0 Å². The molecule has 100 valence electrons. The van der Waals surface area contributed by atoms with Crippen LogP contribution in [0.3, 0.4) is 0 Å². The van der Waals surface area contributed by atoms with Gasteiger partial charge in [0.2, 0.25) is 0 Å². The quantitative estimate of drug-likeness (QED) is 0.628. The second kappa shape index (κ2) is 7.36. The van der Waals surface area contributed by atoms with Gasteiger partial charge >= 0.3 is 0 Å². The zero-order valence-electron chi connectivity index (χ0n) is 10.6. The van der Waals surface area contributed by atoms with Crippen molar-refractivity contribution in [3.63, 3.8) is 0 Å². The highest BCUT2D eigenvalue weighted by Gasteiger charge is 1.96. The Kier molecular flexibility index (Phi) is 5.50. The van der Waals surface area contributed by atoms with E-state index in [1.807, 2.05) is 48.5 Å². The molecule has 0 saturated heterocycles. The van der Waals surface area contributed by atoms with Crippen molar-refractivity contribution < 1.29 is 4.79 Å². The Balaban J connectivity index is 2.07. The molecule has 2 aromatic carbocycles. The van der Waals surface area contributed by atoms with Crippen LogP contribution in [0.15, 0.2) is 69.6 Å². The number of ketones is 1. The Morgan fingerprint density at radius 3 is 1.55 bits per heavy atom. The molecule has 0 atom stereocenters. The Hall–Kier alpha value is -1.45. The molecule has 0 unspecified atom stereocenters. The molecule has 0 spiro atoms. The van der Waals surface area contributed by atoms with E-state index in [-0.39, 0.29) is 5.78 Å². The van der Waals surface area contributed by atoms with Gasteiger partial charge in [-0.1, -0.05) is 68.3 Å². The maximum atomic E-state index is 11.8. The van der Waals surface area contributed by atoms with Crippen LogP contribution in [-0.2, 0) is 4.79 Å². The van der Waals surface area contributed by atoms with Gasteiger partial charge in [0.15, 0.2) is 5.78 Å². The van der Waals surface area contributed by atoms with Gasteiger partial charge in [0.1, 0.15) is 0 Å². The molecule has 2 rings (SSSR count). The molecule has 3 heteroatoms. The second-order valence-electron chi connectivity index (χ2n) is 4.11. The summed E-state index contributed by atoms with van der Waals surface area (Å²) in [5, 5.41) is 0. The van der Waals surface area contributed by atoms with E-state index in [2.05, 4.69) is 31.9 Å². The first-order chi connectivity index (χ1) is 9.66. The lowest BCUT2D eigenvalue weighted by Gasteiger charge is -1.96. The lowest BCUT2D eigenvalue weighted by atomic mass is 10.1. The van der Waals surface area contributed by atoms with Gasteiger partial charge in [0, 0.05) is 8.95 Å². The first kappa shape index (κ1) is 14.9. The van der Waals surface area contributed by atoms with E-state index in [0.717, 1.165) is 20.1 Å². The largest absolute Gasteiger partial charge is 0.290 e. The fraction of sp³-hybridized carbons (Fsp3) is 0. The molecule has 0 aliphatic heterocycles. The van der Waals surface area contributed by atoms with Gasteiger partial charge < -0.3 is 0 Å². The average molecular weight is 392 g/mol. The standard InChI is InChI=1S/C17H12Br2O/c18-16-7-3-1-5-13(16)9-11-15(20)12-10-14-6-2-4-8-17(14)19/h1-12H. The summed E-state index contributed by atoms with van der Waals surface area (Å²) in [6, 6.07) is 15.5. The molecule has 0 N–H and O–H groups in total. The van der Waals surface area contributed by atoms with Crippen LogP contribution in [0.1, 0.15) is 11.1 Å². The molecule has 0 bridgehead atoms. The molecule has 20 heavy (non-hydrogen) atoms. The normalized spacial score (nSPS) is 11.3. The van der Waals surface area contributed by atoms with Crippen LogP contribution < -0.4 is 0 Å². The third kappa shape index (κ3) is 4.29. The highest BCUT2D eigenvalue weighted by Crippen LogP contribution is 2.18. The number of benzene rings is 2. The summed E-state index contributed by atoms with van der Waals surface area (Å²) in [4.78, 5) is 11.8. The van der Waals surface area contributed by atoms with Gasteiger partial charge in [-0.2, -0.15) is 0 Å². The number of hydrogen-bond acceptors (Lipinski definition) is 1. The third-order valence-electron chi connectivity index (χ3n) is 2.66. The summed E-state index contributed by atoms with van der Waals surface area (Å²) in [5.41, 5.74) is 1.96. The molecule has 0 fully saturated rings. The lowest BCUT2D eigenvalue weighted by molar-refractivity contribution is -0.110. The highest BCUT2D eigenvalue weighted by molar-refractivity contribution is 9.10. The molecular weight excluding hydrogens is 380 g/mol. The van der Waals surface area contributed by atoms with Crippen LogP contribution in [0.2, 0.25) is 0 Å². The van der Waals surface area contributed by atoms with E-state index in [4.69, 9.17) is 0 Å². The molecule has 1 nitrogen and oxygen atoms in total. The van der Waals surface area contributed by atoms with E-state index in [1.165, 1.54) is 0 Å². The molecule has 0 aliphatic rings. The molecule has 0 aliphatic carbocycles. The van der Waals surface area contributed by atoms with Crippen LogP contribution in [0, 0.1) is 0 Å². The summed E-state index contributed by atoms with van der Waals surface area (Å²) in [6.07, 6.45) is 6.73. The van der Waals surface area contributed by atoms with Gasteiger partial charge in [0.25, 0.3) is 0 Å². The Labute approximate surface area is 135 Å². The first-order valence-corrected chi connectivity index (χ1v) is 7.64. The summed E-state index contributed by atoms with van der Waals surface area (Å²) < 4.78 is 1.94. The van der Waals surface area contributed by atoms with Crippen molar-refractivity contribution in [3.8, 4) is 0 Å². The summed E-state index contributed by atoms with van der Waals surface area (Å²) in [5.74, 6) is -0.0449. The topological polar surface area (TPSA) is 17.1 Å². The van der Waals surface area contributed by atoms with Crippen LogP contribution in [0.4, 0.5) is 0 Å². The summed E-state index contributed by atoms with van der Waals surface area (Å²) >= 11 is 6.89. The predicted octanol–water partition coefficient (Wildman–Crippen LogP) is 5.51. The monoisotopic (exact) mass is 390 g/mol. The maximum Gasteiger partial charge on any atom is 0.178 e. The lowest BCUT2D eigenvalue weighted by Crippen LogP contribution is -1.85. The number of hydrogen-bond donors (Lipinski definition) is 0. The van der Waals surface area contributed by atoms with Crippen molar-refractivity contribution in [2.45, 2.75) is 0 Å². The number of rotatable bonds is 4. The van der Waals surface area contributed by atoms with Gasteiger partial charge in [-0.3, -0.25) is 4.79 Å². The van der Waals surface area contributed by atoms with Crippen LogP contribution in [0.25, 0.3) is 12.2 Å². The Morgan fingerprint density at radius 2 is 1.15 bits per heavy atom. The number of allylic oxidation sites excluding steroid dienone is 2. The minimum atomic E-state index is -0.0449. The zero-order valence-corrected chi connectivity index (χ0v) is 13.8. The van der Waals surface area contributed by atoms with Crippen molar-refractivity contribution in [2.75, 3.05) is 0 Å². The van der Waals surface area contributed by atoms with E-state index >= 15 is 0 Å². The fourth-order valence-corrected chi connectivity index (χ4v) is 2.45.